The predicted molar refractivity (Wildman–Crippen MR) is 74.6 cm³/mol. The van der Waals surface area contributed by atoms with Gasteiger partial charge in [-0.2, -0.15) is 0 Å². The summed E-state index contributed by atoms with van der Waals surface area (Å²) in [5.74, 6) is -0.168. The van der Waals surface area contributed by atoms with Gasteiger partial charge in [0.2, 0.25) is 0 Å². The molecule has 1 aromatic rings. The molecule has 1 aromatic heterocycles. The molecule has 7 heteroatoms. The molecule has 0 radical (unpaired) electrons. The lowest BCUT2D eigenvalue weighted by Gasteiger charge is -2.53. The topological polar surface area (TPSA) is 80.9 Å². The van der Waals surface area contributed by atoms with Crippen molar-refractivity contribution in [1.82, 2.24) is 9.88 Å². The van der Waals surface area contributed by atoms with E-state index in [9.17, 15) is 9.59 Å². The molecule has 1 N–H and O–H groups in total. The maximum atomic E-state index is 12.5. The number of β-lactam (4-membered cyclic amide) rings is 1. The Morgan fingerprint density at radius 2 is 2.10 bits per heavy atom. The minimum absolute atomic E-state index is 0.00790. The Kier molecular flexibility index (Phi) is 4.76. The van der Waals surface area contributed by atoms with Gasteiger partial charge in [-0.3, -0.25) is 9.59 Å². The van der Waals surface area contributed by atoms with Crippen molar-refractivity contribution < 1.29 is 19.0 Å². The summed E-state index contributed by atoms with van der Waals surface area (Å²) in [4.78, 5) is 28.4. The highest BCUT2D eigenvalue weighted by atomic mass is 16.7. The van der Waals surface area contributed by atoms with E-state index in [1.165, 1.54) is 26.4 Å². The van der Waals surface area contributed by atoms with E-state index < -0.39 is 5.60 Å². The number of pyridine rings is 1. The Balaban J connectivity index is 2.23. The van der Waals surface area contributed by atoms with Gasteiger partial charge in [-0.05, 0) is 6.92 Å². The molecule has 0 aromatic carbocycles. The smallest absolute Gasteiger partial charge is 0.259 e. The average molecular weight is 296 g/mol. The number of nitrogens with zero attached hydrogens (tertiary/aromatic N) is 1. The third-order valence-electron chi connectivity index (χ3n) is 3.75. The molecule has 0 spiro atoms. The number of nitrogens with one attached hydrogen (secondary N) is 1. The van der Waals surface area contributed by atoms with E-state index in [-0.39, 0.29) is 37.3 Å². The van der Waals surface area contributed by atoms with Crippen molar-refractivity contribution in [2.75, 3.05) is 27.7 Å². The summed E-state index contributed by atoms with van der Waals surface area (Å²) in [7, 11) is 3.03. The maximum Gasteiger partial charge on any atom is 0.259 e. The second-order valence-electron chi connectivity index (χ2n) is 5.04. The van der Waals surface area contributed by atoms with Crippen LogP contribution >= 0.6 is 0 Å². The number of aromatic amines is 1. The molecule has 1 saturated heterocycles. The minimum Gasteiger partial charge on any atom is -0.365 e. The first-order valence-corrected chi connectivity index (χ1v) is 6.65. The average Bonchev–Trinajstić information content (AvgIpc) is 2.48. The standard InChI is InChI=1S/C14H20N2O5/c1-10-14(21-9-20-3,13(18)16(10)8-19-2)7-11-6-12(17)4-5-15-11/h4-6,10H,7-9H2,1-3H3,(H,15,17). The highest BCUT2D eigenvalue weighted by Crippen LogP contribution is 2.36. The van der Waals surface area contributed by atoms with Crippen LogP contribution in [0.5, 0.6) is 0 Å². The fraction of sp³-hybridized carbons (Fsp3) is 0.571. The molecule has 0 aliphatic carbocycles. The number of hydrogen-bond donors (Lipinski definition) is 1. The summed E-state index contributed by atoms with van der Waals surface area (Å²) in [6.45, 7) is 2.11. The molecular formula is C14H20N2O5. The maximum absolute atomic E-state index is 12.5. The van der Waals surface area contributed by atoms with Crippen LogP contribution in [-0.4, -0.2) is 55.2 Å². The number of amides is 1. The van der Waals surface area contributed by atoms with E-state index in [4.69, 9.17) is 14.2 Å². The van der Waals surface area contributed by atoms with Gasteiger partial charge in [-0.15, -0.1) is 0 Å². The van der Waals surface area contributed by atoms with E-state index in [0.29, 0.717) is 5.69 Å². The number of hydrogen-bond acceptors (Lipinski definition) is 5. The molecular weight excluding hydrogens is 276 g/mol. The van der Waals surface area contributed by atoms with Crippen molar-refractivity contribution >= 4 is 5.91 Å². The third-order valence-corrected chi connectivity index (χ3v) is 3.75. The Hall–Kier alpha value is -1.70. The van der Waals surface area contributed by atoms with Gasteiger partial charge in [0, 0.05) is 44.7 Å². The summed E-state index contributed by atoms with van der Waals surface area (Å²) >= 11 is 0. The highest BCUT2D eigenvalue weighted by Gasteiger charge is 2.59. The normalized spacial score (nSPS) is 25.0. The van der Waals surface area contributed by atoms with E-state index >= 15 is 0 Å². The Labute approximate surface area is 122 Å². The zero-order valence-electron chi connectivity index (χ0n) is 12.4. The fourth-order valence-electron chi connectivity index (χ4n) is 2.59. The fourth-order valence-corrected chi connectivity index (χ4v) is 2.59. The number of carbonyl (C=O) groups is 1. The molecule has 1 aliphatic rings. The molecule has 1 fully saturated rings. The third kappa shape index (κ3) is 2.85. The molecule has 116 valence electrons. The van der Waals surface area contributed by atoms with Gasteiger partial charge in [-0.1, -0.05) is 0 Å². The Morgan fingerprint density at radius 3 is 2.67 bits per heavy atom. The first-order chi connectivity index (χ1) is 10.0. The van der Waals surface area contributed by atoms with Gasteiger partial charge >= 0.3 is 0 Å². The van der Waals surface area contributed by atoms with Crippen LogP contribution in [0.15, 0.2) is 23.1 Å². The molecule has 2 atom stereocenters. The van der Waals surface area contributed by atoms with Gasteiger partial charge < -0.3 is 24.1 Å². The van der Waals surface area contributed by atoms with E-state index in [1.54, 1.807) is 11.1 Å². The lowest BCUT2D eigenvalue weighted by atomic mass is 9.79. The molecule has 0 bridgehead atoms. The number of ether oxygens (including phenoxy) is 3. The molecule has 1 amide bonds. The summed E-state index contributed by atoms with van der Waals surface area (Å²) in [6, 6.07) is 2.72. The van der Waals surface area contributed by atoms with Crippen LogP contribution in [0.4, 0.5) is 0 Å². The summed E-state index contributed by atoms with van der Waals surface area (Å²) in [5.41, 5.74) is -0.492. The largest absolute Gasteiger partial charge is 0.365 e. The van der Waals surface area contributed by atoms with E-state index in [2.05, 4.69) is 4.98 Å². The molecule has 21 heavy (non-hydrogen) atoms. The minimum atomic E-state index is -1.03. The van der Waals surface area contributed by atoms with E-state index in [0.717, 1.165) is 0 Å². The summed E-state index contributed by atoms with van der Waals surface area (Å²) in [6.07, 6.45) is 1.84. The second kappa shape index (κ2) is 6.38. The molecule has 0 saturated carbocycles. The van der Waals surface area contributed by atoms with Crippen LogP contribution in [0.2, 0.25) is 0 Å². The quantitative estimate of drug-likeness (QED) is 0.570. The zero-order chi connectivity index (χ0) is 15.5. The van der Waals surface area contributed by atoms with Crippen LogP contribution < -0.4 is 5.43 Å². The van der Waals surface area contributed by atoms with Crippen molar-refractivity contribution in [3.8, 4) is 0 Å². The zero-order valence-corrected chi connectivity index (χ0v) is 12.4. The summed E-state index contributed by atoms with van der Waals surface area (Å²) < 4.78 is 15.6. The SMILES string of the molecule is COCOC1(Cc2cc(=O)cc[nH]2)C(=O)N(COC)C1C. The predicted octanol–water partition coefficient (Wildman–Crippen LogP) is 0.111. The van der Waals surface area contributed by atoms with Gasteiger partial charge in [0.15, 0.2) is 11.0 Å². The number of likely N-dealkylation sites (tertiary alicyclic amines) is 1. The molecule has 2 rings (SSSR count). The molecule has 7 nitrogen and oxygen atoms in total. The monoisotopic (exact) mass is 296 g/mol. The lowest BCUT2D eigenvalue weighted by molar-refractivity contribution is -0.230. The van der Waals surface area contributed by atoms with Crippen LogP contribution in [-0.2, 0) is 25.4 Å². The molecule has 1 aliphatic heterocycles. The summed E-state index contributed by atoms with van der Waals surface area (Å²) in [5, 5.41) is 0. The Bertz CT molecular complexity index is 558. The molecule has 2 unspecified atom stereocenters. The van der Waals surface area contributed by atoms with Crippen molar-refractivity contribution in [3.63, 3.8) is 0 Å². The molecule has 2 heterocycles. The van der Waals surface area contributed by atoms with Crippen LogP contribution in [0, 0.1) is 0 Å². The van der Waals surface area contributed by atoms with Gasteiger partial charge in [-0.25, -0.2) is 0 Å². The van der Waals surface area contributed by atoms with E-state index in [1.807, 2.05) is 6.92 Å². The number of rotatable bonds is 7. The lowest BCUT2D eigenvalue weighted by Crippen LogP contribution is -2.75. The van der Waals surface area contributed by atoms with Gasteiger partial charge in [0.25, 0.3) is 5.91 Å². The van der Waals surface area contributed by atoms with Crippen molar-refractivity contribution in [1.29, 1.82) is 0 Å². The van der Waals surface area contributed by atoms with Crippen LogP contribution in [0.25, 0.3) is 0 Å². The van der Waals surface area contributed by atoms with Gasteiger partial charge in [0.1, 0.15) is 13.5 Å². The number of aromatic nitrogens is 1. The first-order valence-electron chi connectivity index (χ1n) is 6.65. The Morgan fingerprint density at radius 1 is 1.33 bits per heavy atom. The van der Waals surface area contributed by atoms with Gasteiger partial charge in [0.05, 0.1) is 6.04 Å². The second-order valence-corrected chi connectivity index (χ2v) is 5.04. The first kappa shape index (κ1) is 15.7. The van der Waals surface area contributed by atoms with Crippen LogP contribution in [0.3, 0.4) is 0 Å². The van der Waals surface area contributed by atoms with Crippen molar-refractivity contribution in [3.05, 3.63) is 34.2 Å². The number of methoxy groups -OCH3 is 2. The number of carbonyl (C=O) groups excluding carboxylic acids is 1. The van der Waals surface area contributed by atoms with Crippen molar-refractivity contribution in [2.45, 2.75) is 25.0 Å². The van der Waals surface area contributed by atoms with Crippen LogP contribution in [0.1, 0.15) is 12.6 Å². The highest BCUT2D eigenvalue weighted by molar-refractivity contribution is 5.93. The van der Waals surface area contributed by atoms with Crippen molar-refractivity contribution in [2.24, 2.45) is 0 Å². The number of H-pyrrole nitrogens is 1.